The highest BCUT2D eigenvalue weighted by molar-refractivity contribution is 5.95. The third kappa shape index (κ3) is 5.40. The van der Waals surface area contributed by atoms with E-state index in [1.807, 2.05) is 48.9 Å². The van der Waals surface area contributed by atoms with Gasteiger partial charge in [0.2, 0.25) is 0 Å². The van der Waals surface area contributed by atoms with Crippen LogP contribution in [-0.2, 0) is 19.4 Å². The van der Waals surface area contributed by atoms with E-state index in [4.69, 9.17) is 4.42 Å². The summed E-state index contributed by atoms with van der Waals surface area (Å²) in [4.78, 5) is 29.1. The van der Waals surface area contributed by atoms with Crippen molar-refractivity contribution in [2.45, 2.75) is 46.6 Å². The quantitative estimate of drug-likeness (QED) is 0.594. The third-order valence-corrected chi connectivity index (χ3v) is 4.72. The molecule has 2 heterocycles. The zero-order chi connectivity index (χ0) is 20.8. The monoisotopic (exact) mass is 394 g/mol. The van der Waals surface area contributed by atoms with E-state index >= 15 is 0 Å². The number of hydrogen-bond donors (Lipinski definition) is 1. The molecule has 29 heavy (non-hydrogen) atoms. The molecule has 3 aromatic rings. The fourth-order valence-electron chi connectivity index (χ4n) is 3.27. The highest BCUT2D eigenvalue weighted by atomic mass is 16.4. The van der Waals surface area contributed by atoms with Crippen molar-refractivity contribution < 1.29 is 9.21 Å². The van der Waals surface area contributed by atoms with Gasteiger partial charge < -0.3 is 9.73 Å². The van der Waals surface area contributed by atoms with Gasteiger partial charge in [0.05, 0.1) is 0 Å². The van der Waals surface area contributed by atoms with Crippen LogP contribution in [0.4, 0.5) is 0 Å². The molecule has 0 radical (unpaired) electrons. The summed E-state index contributed by atoms with van der Waals surface area (Å²) in [7, 11) is 0. The SMILES string of the molecule is Cc1nc(C)n(CCCNC(=O)c2c(C)cc(CCc3ccccc3)oc2=O)n1. The fraction of sp³-hybridized carbons (Fsp3) is 0.364. The number of carbonyl (C=O) groups is 1. The molecule has 0 fully saturated rings. The largest absolute Gasteiger partial charge is 0.427 e. The van der Waals surface area contributed by atoms with Crippen LogP contribution in [-0.4, -0.2) is 27.2 Å². The minimum Gasteiger partial charge on any atom is -0.427 e. The summed E-state index contributed by atoms with van der Waals surface area (Å²) < 4.78 is 7.20. The lowest BCUT2D eigenvalue weighted by molar-refractivity contribution is 0.0947. The Morgan fingerprint density at radius 3 is 2.55 bits per heavy atom. The molecule has 152 valence electrons. The summed E-state index contributed by atoms with van der Waals surface area (Å²) in [6, 6.07) is 11.8. The number of aryl methyl sites for hydroxylation is 6. The number of benzene rings is 1. The van der Waals surface area contributed by atoms with Crippen LogP contribution in [0.2, 0.25) is 0 Å². The summed E-state index contributed by atoms with van der Waals surface area (Å²) >= 11 is 0. The first-order valence-corrected chi connectivity index (χ1v) is 9.78. The molecule has 7 heteroatoms. The minimum absolute atomic E-state index is 0.0706. The first-order chi connectivity index (χ1) is 13.9. The molecule has 0 saturated heterocycles. The zero-order valence-electron chi connectivity index (χ0n) is 17.1. The van der Waals surface area contributed by atoms with Crippen molar-refractivity contribution in [2.24, 2.45) is 0 Å². The standard InChI is InChI=1S/C22H26N4O3/c1-15-14-19(11-10-18-8-5-4-6-9-18)29-22(28)20(15)21(27)23-12-7-13-26-17(3)24-16(2)25-26/h4-6,8-9,14H,7,10-13H2,1-3H3,(H,23,27). The van der Waals surface area contributed by atoms with E-state index in [-0.39, 0.29) is 5.56 Å². The maximum atomic E-state index is 12.5. The Morgan fingerprint density at radius 1 is 1.14 bits per heavy atom. The molecule has 0 unspecified atom stereocenters. The number of nitrogens with one attached hydrogen (secondary N) is 1. The first kappa shape index (κ1) is 20.5. The van der Waals surface area contributed by atoms with Gasteiger partial charge in [0, 0.05) is 19.5 Å². The van der Waals surface area contributed by atoms with E-state index in [0.717, 1.165) is 18.1 Å². The van der Waals surface area contributed by atoms with Gasteiger partial charge in [-0.2, -0.15) is 5.10 Å². The number of aromatic nitrogens is 3. The second kappa shape index (κ2) is 9.32. The minimum atomic E-state index is -0.590. The molecule has 0 atom stereocenters. The molecule has 0 spiro atoms. The van der Waals surface area contributed by atoms with Crippen LogP contribution in [0, 0.1) is 20.8 Å². The van der Waals surface area contributed by atoms with E-state index < -0.39 is 11.5 Å². The van der Waals surface area contributed by atoms with E-state index in [0.29, 0.717) is 37.3 Å². The number of carbonyl (C=O) groups excluding carboxylic acids is 1. The van der Waals surface area contributed by atoms with Gasteiger partial charge in [0.25, 0.3) is 5.91 Å². The van der Waals surface area contributed by atoms with Crippen molar-refractivity contribution in [3.05, 3.63) is 80.9 Å². The maximum Gasteiger partial charge on any atom is 0.349 e. The molecule has 3 rings (SSSR count). The normalized spacial score (nSPS) is 10.9. The molecule has 7 nitrogen and oxygen atoms in total. The molecule has 0 saturated carbocycles. The molecule has 0 aliphatic heterocycles. The molecular formula is C22H26N4O3. The van der Waals surface area contributed by atoms with Gasteiger partial charge in [0.15, 0.2) is 0 Å². The van der Waals surface area contributed by atoms with Gasteiger partial charge >= 0.3 is 5.63 Å². The average molecular weight is 394 g/mol. The van der Waals surface area contributed by atoms with Crippen LogP contribution in [0.25, 0.3) is 0 Å². The highest BCUT2D eigenvalue weighted by Gasteiger charge is 2.16. The summed E-state index contributed by atoms with van der Waals surface area (Å²) in [5, 5.41) is 7.08. The van der Waals surface area contributed by atoms with Crippen LogP contribution in [0.1, 0.15) is 45.3 Å². The second-order valence-corrected chi connectivity index (χ2v) is 7.08. The summed E-state index contributed by atoms with van der Waals surface area (Å²) in [6.07, 6.45) is 2.07. The number of rotatable bonds is 8. The Kier molecular flexibility index (Phi) is 6.59. The van der Waals surface area contributed by atoms with Crippen molar-refractivity contribution in [2.75, 3.05) is 6.54 Å². The van der Waals surface area contributed by atoms with Crippen molar-refractivity contribution in [1.82, 2.24) is 20.1 Å². The summed E-state index contributed by atoms with van der Waals surface area (Å²) in [5.41, 5.74) is 1.28. The van der Waals surface area contributed by atoms with Gasteiger partial charge in [-0.15, -0.1) is 0 Å². The van der Waals surface area contributed by atoms with E-state index in [9.17, 15) is 9.59 Å². The topological polar surface area (TPSA) is 90.0 Å². The lowest BCUT2D eigenvalue weighted by Gasteiger charge is -2.09. The lowest BCUT2D eigenvalue weighted by Crippen LogP contribution is -2.31. The molecule has 1 aromatic carbocycles. The smallest absolute Gasteiger partial charge is 0.349 e. The van der Waals surface area contributed by atoms with Crippen molar-refractivity contribution in [1.29, 1.82) is 0 Å². The predicted molar refractivity (Wildman–Crippen MR) is 110 cm³/mol. The van der Waals surface area contributed by atoms with Crippen molar-refractivity contribution in [3.8, 4) is 0 Å². The van der Waals surface area contributed by atoms with Crippen LogP contribution in [0.5, 0.6) is 0 Å². The second-order valence-electron chi connectivity index (χ2n) is 7.08. The fourth-order valence-corrected chi connectivity index (χ4v) is 3.27. The van der Waals surface area contributed by atoms with Crippen molar-refractivity contribution >= 4 is 5.91 Å². The van der Waals surface area contributed by atoms with Crippen LogP contribution >= 0.6 is 0 Å². The Labute approximate surface area is 169 Å². The average Bonchev–Trinajstić information content (AvgIpc) is 3.01. The molecule has 0 aliphatic carbocycles. The van der Waals surface area contributed by atoms with Gasteiger partial charge in [-0.05, 0) is 50.8 Å². The number of hydrogen-bond acceptors (Lipinski definition) is 5. The lowest BCUT2D eigenvalue weighted by atomic mass is 10.1. The molecule has 0 bridgehead atoms. The summed E-state index contributed by atoms with van der Waals surface area (Å²) in [5.74, 6) is 1.76. The first-order valence-electron chi connectivity index (χ1n) is 9.78. The van der Waals surface area contributed by atoms with E-state index in [1.54, 1.807) is 13.0 Å². The van der Waals surface area contributed by atoms with Crippen LogP contribution in [0.15, 0.2) is 45.6 Å². The molecule has 1 amide bonds. The van der Waals surface area contributed by atoms with Gasteiger partial charge in [-0.3, -0.25) is 9.48 Å². The van der Waals surface area contributed by atoms with Crippen LogP contribution in [0.3, 0.4) is 0 Å². The Hall–Kier alpha value is -3.22. The van der Waals surface area contributed by atoms with Gasteiger partial charge in [-0.25, -0.2) is 9.78 Å². The number of amides is 1. The molecule has 2 aromatic heterocycles. The third-order valence-electron chi connectivity index (χ3n) is 4.72. The summed E-state index contributed by atoms with van der Waals surface area (Å²) in [6.45, 7) is 6.59. The Morgan fingerprint density at radius 2 is 1.90 bits per heavy atom. The van der Waals surface area contributed by atoms with Crippen LogP contribution < -0.4 is 10.9 Å². The predicted octanol–water partition coefficient (Wildman–Crippen LogP) is 2.76. The Balaban J connectivity index is 1.56. The molecular weight excluding hydrogens is 368 g/mol. The van der Waals surface area contributed by atoms with Gasteiger partial charge in [-0.1, -0.05) is 30.3 Å². The zero-order valence-corrected chi connectivity index (χ0v) is 17.1. The molecule has 0 aliphatic rings. The Bertz CT molecular complexity index is 1040. The maximum absolute atomic E-state index is 12.5. The van der Waals surface area contributed by atoms with E-state index in [2.05, 4.69) is 15.4 Å². The number of nitrogens with zero attached hydrogens (tertiary/aromatic N) is 3. The van der Waals surface area contributed by atoms with Gasteiger partial charge in [0.1, 0.15) is 23.0 Å². The van der Waals surface area contributed by atoms with Crippen molar-refractivity contribution in [3.63, 3.8) is 0 Å². The molecule has 1 N–H and O–H groups in total. The highest BCUT2D eigenvalue weighted by Crippen LogP contribution is 2.10. The van der Waals surface area contributed by atoms with E-state index in [1.165, 1.54) is 5.56 Å².